The van der Waals surface area contributed by atoms with E-state index in [0.29, 0.717) is 6.42 Å². The molecule has 0 aromatic carbocycles. The molecule has 3 N–H and O–H groups in total. The molecule has 1 aromatic rings. The average molecular weight is 380 g/mol. The molecule has 0 amide bonds. The van der Waals surface area contributed by atoms with Crippen molar-refractivity contribution in [1.29, 1.82) is 0 Å². The first-order chi connectivity index (χ1) is 13.2. The Morgan fingerprint density at radius 1 is 0.963 bits per heavy atom. The molecule has 0 aliphatic rings. The number of aliphatic carboxylic acids is 1. The van der Waals surface area contributed by atoms with Gasteiger partial charge in [0, 0.05) is 18.3 Å². The number of carboxylic acids is 1. The highest BCUT2D eigenvalue weighted by Crippen LogP contribution is 2.12. The molecule has 0 aliphatic carbocycles. The molecule has 1 atom stereocenters. The van der Waals surface area contributed by atoms with Gasteiger partial charge in [-0.2, -0.15) is 0 Å². The average Bonchev–Trinajstić information content (AvgIpc) is 3.17. The molecule has 0 fully saturated rings. The van der Waals surface area contributed by atoms with Gasteiger partial charge in [-0.1, -0.05) is 90.4 Å². The molecule has 0 spiro atoms. The van der Waals surface area contributed by atoms with Gasteiger partial charge in [0.05, 0.1) is 6.33 Å². The van der Waals surface area contributed by atoms with Crippen molar-refractivity contribution in [3.8, 4) is 0 Å². The summed E-state index contributed by atoms with van der Waals surface area (Å²) in [6, 6.07) is -0.535. The molecular formula is C22H41N3O2. The standard InChI is InChI=1S/C22H41N3O2/c1-2-3-4-5-6-7-8-9-10-11-12-13-14-15-16-24-21(22(26)27)17-20-18-23-19-25-20/h18-19,21,24H,2-17H2,1H3,(H,23,25)(H,26,27)/t21-/m0/s1. The molecule has 1 aromatic heterocycles. The minimum atomic E-state index is -0.796. The topological polar surface area (TPSA) is 78.0 Å². The van der Waals surface area contributed by atoms with Crippen molar-refractivity contribution < 1.29 is 9.90 Å². The number of hydrogen-bond donors (Lipinski definition) is 3. The SMILES string of the molecule is CCCCCCCCCCCCCCCCN[C@@H](Cc1cnc[nH]1)C(=O)O. The van der Waals surface area contributed by atoms with Crippen molar-refractivity contribution in [3.63, 3.8) is 0 Å². The molecular weight excluding hydrogens is 338 g/mol. The van der Waals surface area contributed by atoms with Crippen LogP contribution in [0.2, 0.25) is 0 Å². The number of nitrogens with zero attached hydrogens (tertiary/aromatic N) is 1. The predicted molar refractivity (Wildman–Crippen MR) is 112 cm³/mol. The summed E-state index contributed by atoms with van der Waals surface area (Å²) in [6.07, 6.45) is 22.5. The highest BCUT2D eigenvalue weighted by Gasteiger charge is 2.17. The van der Waals surface area contributed by atoms with Gasteiger partial charge in [-0.05, 0) is 13.0 Å². The summed E-state index contributed by atoms with van der Waals surface area (Å²) in [6.45, 7) is 3.04. The van der Waals surface area contributed by atoms with E-state index in [1.807, 2.05) is 0 Å². The molecule has 0 saturated heterocycles. The Morgan fingerprint density at radius 2 is 1.48 bits per heavy atom. The minimum absolute atomic E-state index is 0.452. The second kappa shape index (κ2) is 16.8. The number of unbranched alkanes of at least 4 members (excludes halogenated alkanes) is 13. The molecule has 0 radical (unpaired) electrons. The van der Waals surface area contributed by atoms with Crippen molar-refractivity contribution >= 4 is 5.97 Å². The van der Waals surface area contributed by atoms with E-state index in [0.717, 1.165) is 18.7 Å². The van der Waals surface area contributed by atoms with E-state index >= 15 is 0 Å². The van der Waals surface area contributed by atoms with Gasteiger partial charge in [-0.25, -0.2) is 4.98 Å². The fourth-order valence-corrected chi connectivity index (χ4v) is 3.46. The molecule has 5 heteroatoms. The Balaban J connectivity index is 1.86. The second-order valence-corrected chi connectivity index (χ2v) is 7.72. The van der Waals surface area contributed by atoms with Crippen LogP contribution in [0.15, 0.2) is 12.5 Å². The van der Waals surface area contributed by atoms with E-state index < -0.39 is 12.0 Å². The van der Waals surface area contributed by atoms with Gasteiger partial charge in [-0.3, -0.25) is 4.79 Å². The maximum Gasteiger partial charge on any atom is 0.321 e. The Hall–Kier alpha value is -1.36. The lowest BCUT2D eigenvalue weighted by Crippen LogP contribution is -2.39. The summed E-state index contributed by atoms with van der Waals surface area (Å²) in [5, 5.41) is 12.4. The lowest BCUT2D eigenvalue weighted by Gasteiger charge is -2.13. The van der Waals surface area contributed by atoms with Gasteiger partial charge >= 0.3 is 5.97 Å². The number of nitrogens with one attached hydrogen (secondary N) is 2. The van der Waals surface area contributed by atoms with Crippen LogP contribution in [0.4, 0.5) is 0 Å². The molecule has 5 nitrogen and oxygen atoms in total. The lowest BCUT2D eigenvalue weighted by molar-refractivity contribution is -0.139. The molecule has 0 saturated carbocycles. The van der Waals surface area contributed by atoms with Gasteiger partial charge in [0.25, 0.3) is 0 Å². The minimum Gasteiger partial charge on any atom is -0.480 e. The van der Waals surface area contributed by atoms with Crippen molar-refractivity contribution in [2.75, 3.05) is 6.54 Å². The van der Waals surface area contributed by atoms with Gasteiger partial charge < -0.3 is 15.4 Å². The maximum atomic E-state index is 11.3. The normalized spacial score (nSPS) is 12.3. The molecule has 27 heavy (non-hydrogen) atoms. The highest BCUT2D eigenvalue weighted by molar-refractivity contribution is 5.73. The maximum absolute atomic E-state index is 11.3. The molecule has 0 unspecified atom stereocenters. The van der Waals surface area contributed by atoms with E-state index in [-0.39, 0.29) is 0 Å². The van der Waals surface area contributed by atoms with Crippen LogP contribution in [-0.2, 0) is 11.2 Å². The molecule has 156 valence electrons. The number of carboxylic acid groups (broad SMARTS) is 1. The predicted octanol–water partition coefficient (Wildman–Crippen LogP) is 5.48. The quantitative estimate of drug-likeness (QED) is 0.278. The van der Waals surface area contributed by atoms with Crippen molar-refractivity contribution in [3.05, 3.63) is 18.2 Å². The Morgan fingerprint density at radius 3 is 1.93 bits per heavy atom. The number of imidazole rings is 1. The number of aromatic nitrogens is 2. The lowest BCUT2D eigenvalue weighted by atomic mass is 10.0. The zero-order chi connectivity index (χ0) is 19.6. The number of aromatic amines is 1. The summed E-state index contributed by atoms with van der Waals surface area (Å²) in [5.74, 6) is -0.796. The number of H-pyrrole nitrogens is 1. The van der Waals surface area contributed by atoms with Crippen molar-refractivity contribution in [2.24, 2.45) is 0 Å². The molecule has 0 bridgehead atoms. The monoisotopic (exact) mass is 379 g/mol. The summed E-state index contributed by atoms with van der Waals surface area (Å²) in [5.41, 5.74) is 0.857. The van der Waals surface area contributed by atoms with Gasteiger partial charge in [0.15, 0.2) is 0 Å². The summed E-state index contributed by atoms with van der Waals surface area (Å²) >= 11 is 0. The van der Waals surface area contributed by atoms with Crippen molar-refractivity contribution in [2.45, 2.75) is 109 Å². The third kappa shape index (κ3) is 13.5. The summed E-state index contributed by atoms with van der Waals surface area (Å²) in [7, 11) is 0. The van der Waals surface area contributed by atoms with Crippen LogP contribution >= 0.6 is 0 Å². The van der Waals surface area contributed by atoms with Gasteiger partial charge in [-0.15, -0.1) is 0 Å². The number of hydrogen-bond acceptors (Lipinski definition) is 3. The first kappa shape index (κ1) is 23.7. The highest BCUT2D eigenvalue weighted by atomic mass is 16.4. The Kier molecular flexibility index (Phi) is 14.7. The van der Waals surface area contributed by atoms with E-state index in [1.165, 1.54) is 83.5 Å². The summed E-state index contributed by atoms with van der Waals surface area (Å²) < 4.78 is 0. The number of carbonyl (C=O) groups is 1. The Bertz CT molecular complexity index is 448. The molecule has 0 aliphatic heterocycles. The second-order valence-electron chi connectivity index (χ2n) is 7.72. The fourth-order valence-electron chi connectivity index (χ4n) is 3.46. The third-order valence-electron chi connectivity index (χ3n) is 5.20. The number of rotatable bonds is 19. The first-order valence-electron chi connectivity index (χ1n) is 11.2. The zero-order valence-corrected chi connectivity index (χ0v) is 17.3. The summed E-state index contributed by atoms with van der Waals surface area (Å²) in [4.78, 5) is 18.2. The van der Waals surface area contributed by atoms with Gasteiger partial charge in [0.1, 0.15) is 6.04 Å². The molecule has 1 heterocycles. The van der Waals surface area contributed by atoms with Crippen LogP contribution in [0.1, 0.15) is 103 Å². The van der Waals surface area contributed by atoms with Crippen LogP contribution in [0.3, 0.4) is 0 Å². The van der Waals surface area contributed by atoms with Crippen LogP contribution in [0.5, 0.6) is 0 Å². The fraction of sp³-hybridized carbons (Fsp3) is 0.818. The van der Waals surface area contributed by atoms with Crippen molar-refractivity contribution in [1.82, 2.24) is 15.3 Å². The largest absolute Gasteiger partial charge is 0.480 e. The molecule has 1 rings (SSSR count). The zero-order valence-electron chi connectivity index (χ0n) is 17.3. The van der Waals surface area contributed by atoms with E-state index in [4.69, 9.17) is 0 Å². The van der Waals surface area contributed by atoms with Crippen LogP contribution in [0.25, 0.3) is 0 Å². The van der Waals surface area contributed by atoms with Crippen LogP contribution in [-0.4, -0.2) is 33.6 Å². The van der Waals surface area contributed by atoms with Gasteiger partial charge in [0.2, 0.25) is 0 Å². The van der Waals surface area contributed by atoms with Crippen LogP contribution < -0.4 is 5.32 Å². The first-order valence-corrected chi connectivity index (χ1v) is 11.2. The van der Waals surface area contributed by atoms with Crippen LogP contribution in [0, 0.1) is 0 Å². The van der Waals surface area contributed by atoms with E-state index in [1.54, 1.807) is 12.5 Å². The smallest absolute Gasteiger partial charge is 0.321 e. The third-order valence-corrected chi connectivity index (χ3v) is 5.20. The van der Waals surface area contributed by atoms with E-state index in [9.17, 15) is 9.90 Å². The van der Waals surface area contributed by atoms with E-state index in [2.05, 4.69) is 22.2 Å². The Labute approximate surface area is 165 Å².